The molecule has 1 aromatic carbocycles. The van der Waals surface area contributed by atoms with E-state index in [1.54, 1.807) is 0 Å². The Balaban J connectivity index is 1.90. The summed E-state index contributed by atoms with van der Waals surface area (Å²) in [5.41, 5.74) is 5.06. The second-order valence-corrected chi connectivity index (χ2v) is 6.96. The van der Waals surface area contributed by atoms with E-state index in [4.69, 9.17) is 0 Å². The fourth-order valence-electron chi connectivity index (χ4n) is 4.06. The van der Waals surface area contributed by atoms with Crippen LogP contribution >= 0.6 is 0 Å². The number of hydrogen-bond donors (Lipinski definition) is 1. The highest BCUT2D eigenvalue weighted by molar-refractivity contribution is 5.73. The van der Waals surface area contributed by atoms with E-state index in [1.165, 1.54) is 36.1 Å². The molecule has 2 heterocycles. The number of anilines is 2. The van der Waals surface area contributed by atoms with Gasteiger partial charge in [0.25, 0.3) is 0 Å². The van der Waals surface area contributed by atoms with Gasteiger partial charge in [0, 0.05) is 18.4 Å². The first-order chi connectivity index (χ1) is 10.6. The van der Waals surface area contributed by atoms with E-state index >= 15 is 0 Å². The first kappa shape index (κ1) is 13.6. The molecule has 2 aliphatic rings. The average Bonchev–Trinajstić information content (AvgIpc) is 2.51. The molecule has 0 radical (unpaired) electrons. The SMILES string of the molecule is Cc1c(O)cc2c(c1C)N(c1ccccn1)CC1(CCC1)C2. The molecule has 0 amide bonds. The fraction of sp³-hybridized carbons (Fsp3) is 0.421. The van der Waals surface area contributed by atoms with Gasteiger partial charge in [0.15, 0.2) is 0 Å². The van der Waals surface area contributed by atoms with Crippen molar-refractivity contribution >= 4 is 11.5 Å². The van der Waals surface area contributed by atoms with Gasteiger partial charge < -0.3 is 10.0 Å². The highest BCUT2D eigenvalue weighted by Crippen LogP contribution is 2.52. The summed E-state index contributed by atoms with van der Waals surface area (Å²) >= 11 is 0. The minimum absolute atomic E-state index is 0.374. The van der Waals surface area contributed by atoms with E-state index in [1.807, 2.05) is 31.3 Å². The lowest BCUT2D eigenvalue weighted by Crippen LogP contribution is -2.46. The Kier molecular flexibility index (Phi) is 2.93. The molecule has 1 saturated carbocycles. The Morgan fingerprint density at radius 2 is 2.00 bits per heavy atom. The van der Waals surface area contributed by atoms with Gasteiger partial charge >= 0.3 is 0 Å². The summed E-state index contributed by atoms with van der Waals surface area (Å²) in [6.07, 6.45) is 6.83. The van der Waals surface area contributed by atoms with Crippen molar-refractivity contribution in [3.8, 4) is 5.75 Å². The lowest BCUT2D eigenvalue weighted by Gasteiger charge is -2.50. The number of benzene rings is 1. The third-order valence-electron chi connectivity index (χ3n) is 5.59. The minimum Gasteiger partial charge on any atom is -0.508 e. The van der Waals surface area contributed by atoms with Crippen LogP contribution in [0.4, 0.5) is 11.5 Å². The first-order valence-corrected chi connectivity index (χ1v) is 8.10. The smallest absolute Gasteiger partial charge is 0.132 e. The number of pyridine rings is 1. The van der Waals surface area contributed by atoms with Crippen molar-refractivity contribution in [2.45, 2.75) is 39.5 Å². The van der Waals surface area contributed by atoms with Crippen LogP contribution in [0.3, 0.4) is 0 Å². The number of aromatic hydroxyl groups is 1. The Morgan fingerprint density at radius 1 is 1.18 bits per heavy atom. The van der Waals surface area contributed by atoms with Crippen molar-refractivity contribution in [1.82, 2.24) is 4.98 Å². The molecular weight excluding hydrogens is 272 g/mol. The third kappa shape index (κ3) is 1.92. The Hall–Kier alpha value is -2.03. The minimum atomic E-state index is 0.374. The second-order valence-electron chi connectivity index (χ2n) is 6.96. The third-order valence-corrected chi connectivity index (χ3v) is 5.59. The van der Waals surface area contributed by atoms with Gasteiger partial charge in [-0.05, 0) is 73.4 Å². The first-order valence-electron chi connectivity index (χ1n) is 8.10. The molecule has 3 nitrogen and oxygen atoms in total. The number of phenols is 1. The summed E-state index contributed by atoms with van der Waals surface area (Å²) < 4.78 is 0. The quantitative estimate of drug-likeness (QED) is 0.853. The zero-order valence-electron chi connectivity index (χ0n) is 13.3. The van der Waals surface area contributed by atoms with Gasteiger partial charge in [0.1, 0.15) is 11.6 Å². The topological polar surface area (TPSA) is 36.4 Å². The maximum atomic E-state index is 10.2. The molecule has 1 fully saturated rings. The van der Waals surface area contributed by atoms with Crippen molar-refractivity contribution in [3.05, 3.63) is 47.2 Å². The molecule has 2 aromatic rings. The van der Waals surface area contributed by atoms with Gasteiger partial charge in [-0.1, -0.05) is 12.5 Å². The summed E-state index contributed by atoms with van der Waals surface area (Å²) in [7, 11) is 0. The summed E-state index contributed by atoms with van der Waals surface area (Å²) in [4.78, 5) is 6.96. The highest BCUT2D eigenvalue weighted by Gasteiger charge is 2.43. The molecule has 1 aliphatic carbocycles. The predicted octanol–water partition coefficient (Wildman–Crippen LogP) is 4.27. The van der Waals surface area contributed by atoms with Crippen molar-refractivity contribution in [3.63, 3.8) is 0 Å². The van der Waals surface area contributed by atoms with E-state index < -0.39 is 0 Å². The summed E-state index contributed by atoms with van der Waals surface area (Å²) in [6, 6.07) is 8.07. The van der Waals surface area contributed by atoms with Gasteiger partial charge in [-0.15, -0.1) is 0 Å². The van der Waals surface area contributed by atoms with Crippen molar-refractivity contribution in [1.29, 1.82) is 0 Å². The molecule has 22 heavy (non-hydrogen) atoms. The Morgan fingerprint density at radius 3 is 2.64 bits per heavy atom. The second kappa shape index (κ2) is 4.73. The number of rotatable bonds is 1. The number of fused-ring (bicyclic) bond motifs is 1. The maximum Gasteiger partial charge on any atom is 0.132 e. The van der Waals surface area contributed by atoms with Crippen LogP contribution in [0, 0.1) is 19.3 Å². The van der Waals surface area contributed by atoms with Crippen LogP contribution in [0.15, 0.2) is 30.5 Å². The molecule has 1 N–H and O–H groups in total. The molecular formula is C19H22N2O. The molecule has 0 bridgehead atoms. The van der Waals surface area contributed by atoms with Crippen LogP contribution in [-0.4, -0.2) is 16.6 Å². The summed E-state index contributed by atoms with van der Waals surface area (Å²) in [5.74, 6) is 1.44. The van der Waals surface area contributed by atoms with Crippen molar-refractivity contribution in [2.75, 3.05) is 11.4 Å². The molecule has 1 aliphatic heterocycles. The summed E-state index contributed by atoms with van der Waals surface area (Å²) in [6.45, 7) is 5.15. The lowest BCUT2D eigenvalue weighted by atomic mass is 9.63. The van der Waals surface area contributed by atoms with E-state index in [0.717, 1.165) is 24.3 Å². The van der Waals surface area contributed by atoms with Crippen LogP contribution in [0.1, 0.15) is 36.0 Å². The standard InChI is InChI=1S/C19H22N2O/c1-13-14(2)18-15(10-16(13)22)11-19(7-5-8-19)12-21(18)17-6-3-4-9-20-17/h3-4,6,9-10,22H,5,7-8,11-12H2,1-2H3. The van der Waals surface area contributed by atoms with Crippen molar-refractivity contribution < 1.29 is 5.11 Å². The fourth-order valence-corrected chi connectivity index (χ4v) is 4.06. The van der Waals surface area contributed by atoms with Gasteiger partial charge in [-0.25, -0.2) is 4.98 Å². The Bertz CT molecular complexity index is 720. The number of aromatic nitrogens is 1. The zero-order valence-corrected chi connectivity index (χ0v) is 13.3. The van der Waals surface area contributed by atoms with E-state index in [0.29, 0.717) is 11.2 Å². The monoisotopic (exact) mass is 294 g/mol. The van der Waals surface area contributed by atoms with Crippen LogP contribution in [0.25, 0.3) is 0 Å². The molecule has 4 rings (SSSR count). The van der Waals surface area contributed by atoms with E-state index in [9.17, 15) is 5.11 Å². The molecule has 114 valence electrons. The normalized spacial score (nSPS) is 18.9. The van der Waals surface area contributed by atoms with Gasteiger partial charge in [-0.2, -0.15) is 0 Å². The lowest BCUT2D eigenvalue weighted by molar-refractivity contribution is 0.138. The van der Waals surface area contributed by atoms with Crippen LogP contribution < -0.4 is 4.90 Å². The average molecular weight is 294 g/mol. The van der Waals surface area contributed by atoms with E-state index in [2.05, 4.69) is 22.9 Å². The largest absolute Gasteiger partial charge is 0.508 e. The zero-order chi connectivity index (χ0) is 15.3. The number of hydrogen-bond acceptors (Lipinski definition) is 3. The summed E-state index contributed by atoms with van der Waals surface area (Å²) in [5, 5.41) is 10.2. The molecule has 0 saturated heterocycles. The van der Waals surface area contributed by atoms with Gasteiger partial charge in [0.05, 0.1) is 0 Å². The molecule has 3 heteroatoms. The van der Waals surface area contributed by atoms with Gasteiger partial charge in [0.2, 0.25) is 0 Å². The predicted molar refractivity (Wildman–Crippen MR) is 88.8 cm³/mol. The molecule has 1 spiro atoms. The van der Waals surface area contributed by atoms with Gasteiger partial charge in [-0.3, -0.25) is 0 Å². The van der Waals surface area contributed by atoms with Crippen molar-refractivity contribution in [2.24, 2.45) is 5.41 Å². The van der Waals surface area contributed by atoms with E-state index in [-0.39, 0.29) is 0 Å². The van der Waals surface area contributed by atoms with Crippen LogP contribution in [0.2, 0.25) is 0 Å². The Labute approximate surface area is 131 Å². The maximum absolute atomic E-state index is 10.2. The van der Waals surface area contributed by atoms with Crippen LogP contribution in [0.5, 0.6) is 5.75 Å². The van der Waals surface area contributed by atoms with Crippen LogP contribution in [-0.2, 0) is 6.42 Å². The molecule has 0 unspecified atom stereocenters. The molecule has 0 atom stereocenters. The molecule has 1 aromatic heterocycles. The number of phenolic OH excluding ortho intramolecular Hbond substituents is 1. The highest BCUT2D eigenvalue weighted by atomic mass is 16.3. The number of nitrogens with zero attached hydrogens (tertiary/aromatic N) is 2.